The second kappa shape index (κ2) is 7.07. The largest absolute Gasteiger partial charge is 0.479 e. The zero-order valence-corrected chi connectivity index (χ0v) is 14.5. The molecule has 2 aromatic rings. The summed E-state index contributed by atoms with van der Waals surface area (Å²) in [6.07, 6.45) is 5.09. The summed E-state index contributed by atoms with van der Waals surface area (Å²) in [5.74, 6) is 2.66. The monoisotopic (exact) mass is 332 g/mol. The maximum atomic E-state index is 12.5. The first-order valence-electron chi connectivity index (χ1n) is 8.34. The Hall–Kier alpha value is -2.31. The molecule has 0 aliphatic carbocycles. The molecule has 3 rings (SSSR count). The zero-order chi connectivity index (χ0) is 17.1. The summed E-state index contributed by atoms with van der Waals surface area (Å²) in [6, 6.07) is 1.73. The Bertz CT molecular complexity index is 707. The number of carbonyl (C=O) groups is 1. The van der Waals surface area contributed by atoms with Gasteiger partial charge in [-0.25, -0.2) is 4.98 Å². The van der Waals surface area contributed by atoms with Crippen LogP contribution in [0.3, 0.4) is 0 Å². The second-order valence-corrected chi connectivity index (χ2v) is 6.37. The van der Waals surface area contributed by atoms with Gasteiger partial charge in [-0.3, -0.25) is 4.79 Å². The minimum atomic E-state index is 0.154. The van der Waals surface area contributed by atoms with Gasteiger partial charge in [-0.15, -0.1) is 0 Å². The Morgan fingerprint density at radius 2 is 2.33 bits per heavy atom. The highest BCUT2D eigenvalue weighted by atomic mass is 16.5. The van der Waals surface area contributed by atoms with Crippen molar-refractivity contribution in [3.63, 3.8) is 0 Å². The predicted octanol–water partition coefficient (Wildman–Crippen LogP) is 2.06. The van der Waals surface area contributed by atoms with Gasteiger partial charge in [-0.05, 0) is 24.9 Å². The van der Waals surface area contributed by atoms with E-state index in [9.17, 15) is 4.79 Å². The van der Waals surface area contributed by atoms with Crippen LogP contribution in [0, 0.1) is 6.92 Å². The van der Waals surface area contributed by atoms with Crippen molar-refractivity contribution in [2.75, 3.05) is 20.2 Å². The van der Waals surface area contributed by atoms with Gasteiger partial charge in [0.05, 0.1) is 12.8 Å². The fraction of sp³-hybridized carbons (Fsp3) is 0.588. The van der Waals surface area contributed by atoms with Gasteiger partial charge in [0.1, 0.15) is 11.6 Å². The van der Waals surface area contributed by atoms with Crippen molar-refractivity contribution in [2.45, 2.75) is 38.5 Å². The molecular formula is C17H24N4O3. The number of methoxy groups -OCH3 is 1. The molecule has 24 heavy (non-hydrogen) atoms. The first-order chi connectivity index (χ1) is 11.6. The lowest BCUT2D eigenvalue weighted by molar-refractivity contribution is -0.132. The number of imidazole rings is 1. The molecule has 1 fully saturated rings. The summed E-state index contributed by atoms with van der Waals surface area (Å²) in [5, 5.41) is 3.76. The fourth-order valence-electron chi connectivity index (χ4n) is 3.32. The minimum Gasteiger partial charge on any atom is -0.479 e. The van der Waals surface area contributed by atoms with Crippen LogP contribution in [0.2, 0.25) is 0 Å². The molecule has 0 saturated carbocycles. The van der Waals surface area contributed by atoms with E-state index < -0.39 is 0 Å². The van der Waals surface area contributed by atoms with Crippen LogP contribution in [0.1, 0.15) is 42.5 Å². The van der Waals surface area contributed by atoms with Crippen LogP contribution >= 0.6 is 0 Å². The molecule has 0 spiro atoms. The van der Waals surface area contributed by atoms with Gasteiger partial charge in [-0.2, -0.15) is 0 Å². The maximum Gasteiger partial charge on any atom is 0.254 e. The van der Waals surface area contributed by atoms with Crippen molar-refractivity contribution in [3.8, 4) is 5.88 Å². The lowest BCUT2D eigenvalue weighted by atomic mass is 9.96. The summed E-state index contributed by atoms with van der Waals surface area (Å²) in [7, 11) is 3.56. The van der Waals surface area contributed by atoms with Crippen LogP contribution in [0.5, 0.6) is 5.88 Å². The van der Waals surface area contributed by atoms with Crippen LogP contribution in [0.15, 0.2) is 16.8 Å². The average molecular weight is 332 g/mol. The lowest BCUT2D eigenvalue weighted by Gasteiger charge is -2.32. The van der Waals surface area contributed by atoms with Gasteiger partial charge in [-0.1, -0.05) is 0 Å². The summed E-state index contributed by atoms with van der Waals surface area (Å²) in [5.41, 5.74) is 1.02. The quantitative estimate of drug-likeness (QED) is 0.838. The summed E-state index contributed by atoms with van der Waals surface area (Å²) in [4.78, 5) is 19.1. The number of hydrogen-bond donors (Lipinski definition) is 0. The number of rotatable bonds is 5. The van der Waals surface area contributed by atoms with E-state index in [1.54, 1.807) is 13.2 Å². The number of ether oxygens (including phenoxy) is 1. The average Bonchev–Trinajstić information content (AvgIpc) is 3.18. The second-order valence-electron chi connectivity index (χ2n) is 6.37. The van der Waals surface area contributed by atoms with Gasteiger partial charge in [0.2, 0.25) is 5.91 Å². The van der Waals surface area contributed by atoms with Gasteiger partial charge in [0.25, 0.3) is 5.88 Å². The number of nitrogens with zero attached hydrogens (tertiary/aromatic N) is 4. The minimum absolute atomic E-state index is 0.154. The smallest absolute Gasteiger partial charge is 0.254 e. The van der Waals surface area contributed by atoms with E-state index in [0.717, 1.165) is 37.4 Å². The lowest BCUT2D eigenvalue weighted by Crippen LogP contribution is -2.39. The van der Waals surface area contributed by atoms with Crippen molar-refractivity contribution in [1.29, 1.82) is 0 Å². The standard InChI is InChI=1S/C17H24N4O3/c1-12-10-20(2)17(18-12)13-5-4-8-21(11-13)16(22)7-6-14-9-15(23-3)19-24-14/h9-10,13H,4-8,11H2,1-3H3. The van der Waals surface area contributed by atoms with Crippen LogP contribution in [-0.4, -0.2) is 45.7 Å². The molecule has 1 amide bonds. The molecular weight excluding hydrogens is 308 g/mol. The van der Waals surface area contributed by atoms with Crippen LogP contribution < -0.4 is 4.74 Å². The topological polar surface area (TPSA) is 73.4 Å². The highest BCUT2D eigenvalue weighted by molar-refractivity contribution is 5.76. The van der Waals surface area contributed by atoms with E-state index in [4.69, 9.17) is 9.26 Å². The van der Waals surface area contributed by atoms with Crippen molar-refractivity contribution in [1.82, 2.24) is 19.6 Å². The fourth-order valence-corrected chi connectivity index (χ4v) is 3.32. The number of aryl methyl sites for hydroxylation is 3. The van der Waals surface area contributed by atoms with Crippen LogP contribution in [0.25, 0.3) is 0 Å². The molecule has 1 saturated heterocycles. The Kier molecular flexibility index (Phi) is 4.87. The van der Waals surface area contributed by atoms with Gasteiger partial charge in [0, 0.05) is 51.2 Å². The highest BCUT2D eigenvalue weighted by Crippen LogP contribution is 2.26. The Morgan fingerprint density at radius 1 is 1.50 bits per heavy atom. The van der Waals surface area contributed by atoms with E-state index >= 15 is 0 Å². The molecule has 130 valence electrons. The highest BCUT2D eigenvalue weighted by Gasteiger charge is 2.27. The van der Waals surface area contributed by atoms with Crippen molar-refractivity contribution in [3.05, 3.63) is 29.5 Å². The number of hydrogen-bond acceptors (Lipinski definition) is 5. The number of amides is 1. The molecule has 0 radical (unpaired) electrons. The van der Waals surface area contributed by atoms with E-state index in [2.05, 4.69) is 14.7 Å². The molecule has 1 atom stereocenters. The molecule has 3 heterocycles. The molecule has 7 heteroatoms. The van der Waals surface area contributed by atoms with Crippen molar-refractivity contribution < 1.29 is 14.1 Å². The van der Waals surface area contributed by atoms with E-state index in [0.29, 0.717) is 30.4 Å². The predicted molar refractivity (Wildman–Crippen MR) is 87.9 cm³/mol. The van der Waals surface area contributed by atoms with E-state index in [1.807, 2.05) is 25.1 Å². The van der Waals surface area contributed by atoms with Gasteiger partial charge < -0.3 is 18.7 Å². The van der Waals surface area contributed by atoms with Crippen LogP contribution in [0.4, 0.5) is 0 Å². The zero-order valence-electron chi connectivity index (χ0n) is 14.5. The van der Waals surface area contributed by atoms with Gasteiger partial charge >= 0.3 is 0 Å². The van der Waals surface area contributed by atoms with E-state index in [1.165, 1.54) is 0 Å². The summed E-state index contributed by atoms with van der Waals surface area (Å²) < 4.78 is 12.2. The van der Waals surface area contributed by atoms with Crippen LogP contribution in [-0.2, 0) is 18.3 Å². The van der Waals surface area contributed by atoms with E-state index in [-0.39, 0.29) is 5.91 Å². The number of piperidine rings is 1. The molecule has 1 unspecified atom stereocenters. The maximum absolute atomic E-state index is 12.5. The van der Waals surface area contributed by atoms with Crippen molar-refractivity contribution >= 4 is 5.91 Å². The number of carbonyl (C=O) groups excluding carboxylic acids is 1. The van der Waals surface area contributed by atoms with Gasteiger partial charge in [0.15, 0.2) is 0 Å². The molecule has 2 aromatic heterocycles. The Morgan fingerprint density at radius 3 is 3.00 bits per heavy atom. The Balaban J connectivity index is 1.57. The molecule has 1 aliphatic heterocycles. The molecule has 0 aromatic carbocycles. The number of likely N-dealkylation sites (tertiary alicyclic amines) is 1. The van der Waals surface area contributed by atoms with Crippen molar-refractivity contribution in [2.24, 2.45) is 7.05 Å². The third-order valence-electron chi connectivity index (χ3n) is 4.50. The number of aromatic nitrogens is 3. The first kappa shape index (κ1) is 16.5. The third kappa shape index (κ3) is 3.60. The summed E-state index contributed by atoms with van der Waals surface area (Å²) >= 11 is 0. The normalized spacial score (nSPS) is 18.0. The molecule has 7 nitrogen and oxygen atoms in total. The first-order valence-corrected chi connectivity index (χ1v) is 8.34. The Labute approximate surface area is 141 Å². The third-order valence-corrected chi connectivity index (χ3v) is 4.50. The molecule has 0 N–H and O–H groups in total. The SMILES string of the molecule is COc1cc(CCC(=O)N2CCCC(c3nc(C)cn3C)C2)on1. The summed E-state index contributed by atoms with van der Waals surface area (Å²) in [6.45, 7) is 3.56. The molecule has 1 aliphatic rings. The molecule has 0 bridgehead atoms.